The summed E-state index contributed by atoms with van der Waals surface area (Å²) in [5.41, 5.74) is 5.47. The van der Waals surface area contributed by atoms with Crippen molar-refractivity contribution in [2.45, 2.75) is 12.5 Å². The van der Waals surface area contributed by atoms with Crippen LogP contribution < -0.4 is 5.73 Å². The summed E-state index contributed by atoms with van der Waals surface area (Å²) in [7, 11) is 0. The highest BCUT2D eigenvalue weighted by molar-refractivity contribution is 9.10. The average molecular weight is 288 g/mol. The first-order chi connectivity index (χ1) is 7.52. The summed E-state index contributed by atoms with van der Waals surface area (Å²) in [5, 5.41) is 0. The van der Waals surface area contributed by atoms with Crippen LogP contribution >= 0.6 is 15.9 Å². The smallest absolute Gasteiger partial charge is 0.405 e. The number of carbonyl (C=O) groups is 1. The Hall–Kier alpha value is -1.36. The first-order valence-electron chi connectivity index (χ1n) is 4.56. The number of primary amides is 1. The molecule has 0 spiro atoms. The maximum Gasteiger partial charge on any atom is 0.405 e. The van der Waals surface area contributed by atoms with Gasteiger partial charge in [-0.3, -0.25) is 0 Å². The summed E-state index contributed by atoms with van der Waals surface area (Å²) in [5.74, 6) is -0.411. The molecule has 0 aliphatic carbocycles. The highest BCUT2D eigenvalue weighted by Gasteiger charge is 2.15. The van der Waals surface area contributed by atoms with Crippen LogP contribution in [0.15, 0.2) is 35.3 Å². The van der Waals surface area contributed by atoms with E-state index in [1.165, 1.54) is 12.1 Å². The van der Waals surface area contributed by atoms with E-state index in [9.17, 15) is 9.18 Å². The van der Waals surface area contributed by atoms with Crippen molar-refractivity contribution >= 4 is 22.0 Å². The van der Waals surface area contributed by atoms with Crippen LogP contribution in [0.1, 0.15) is 18.1 Å². The second-order valence-corrected chi connectivity index (χ2v) is 4.07. The van der Waals surface area contributed by atoms with Gasteiger partial charge in [-0.1, -0.05) is 22.0 Å². The van der Waals surface area contributed by atoms with E-state index in [1.54, 1.807) is 12.1 Å². The topological polar surface area (TPSA) is 52.3 Å². The molecule has 1 aromatic carbocycles. The lowest BCUT2D eigenvalue weighted by Gasteiger charge is -2.15. The van der Waals surface area contributed by atoms with Crippen LogP contribution in [-0.2, 0) is 4.74 Å². The number of carbonyl (C=O) groups excluding carboxylic acids is 1. The fourth-order valence-corrected chi connectivity index (χ4v) is 1.79. The van der Waals surface area contributed by atoms with E-state index >= 15 is 0 Å². The Balaban J connectivity index is 2.99. The summed E-state index contributed by atoms with van der Waals surface area (Å²) >= 11 is 3.16. The van der Waals surface area contributed by atoms with Gasteiger partial charge in [0.25, 0.3) is 0 Å². The number of benzene rings is 1. The van der Waals surface area contributed by atoms with Crippen molar-refractivity contribution in [3.8, 4) is 0 Å². The maximum atomic E-state index is 13.1. The summed E-state index contributed by atoms with van der Waals surface area (Å²) in [6.45, 7) is 3.54. The highest BCUT2D eigenvalue weighted by atomic mass is 79.9. The monoisotopic (exact) mass is 287 g/mol. The number of rotatable bonds is 4. The van der Waals surface area contributed by atoms with Crippen molar-refractivity contribution in [1.82, 2.24) is 0 Å². The van der Waals surface area contributed by atoms with Crippen molar-refractivity contribution in [3.63, 3.8) is 0 Å². The molecule has 1 unspecified atom stereocenters. The molecule has 86 valence electrons. The van der Waals surface area contributed by atoms with Gasteiger partial charge in [-0.05, 0) is 23.8 Å². The Morgan fingerprint density at radius 1 is 1.62 bits per heavy atom. The Kier molecular flexibility index (Phi) is 4.49. The molecule has 0 saturated carbocycles. The minimum Gasteiger partial charge on any atom is -0.441 e. The van der Waals surface area contributed by atoms with Gasteiger partial charge in [0.1, 0.15) is 11.9 Å². The van der Waals surface area contributed by atoms with Gasteiger partial charge in [0.15, 0.2) is 0 Å². The third kappa shape index (κ3) is 3.66. The maximum absolute atomic E-state index is 13.1. The molecule has 3 nitrogen and oxygen atoms in total. The normalized spacial score (nSPS) is 11.9. The fourth-order valence-electron chi connectivity index (χ4n) is 1.30. The predicted molar refractivity (Wildman–Crippen MR) is 62.3 cm³/mol. The van der Waals surface area contributed by atoms with E-state index in [1.807, 2.05) is 0 Å². The van der Waals surface area contributed by atoms with Crippen molar-refractivity contribution in [1.29, 1.82) is 0 Å². The van der Waals surface area contributed by atoms with Crippen molar-refractivity contribution in [3.05, 3.63) is 46.7 Å². The molecule has 0 aliphatic rings. The van der Waals surface area contributed by atoms with E-state index < -0.39 is 18.0 Å². The highest BCUT2D eigenvalue weighted by Crippen LogP contribution is 2.25. The number of nitrogens with two attached hydrogens (primary N) is 1. The Bertz CT molecular complexity index is 389. The van der Waals surface area contributed by atoms with Crippen LogP contribution in [0.4, 0.5) is 9.18 Å². The Morgan fingerprint density at radius 3 is 2.81 bits per heavy atom. The molecule has 2 N–H and O–H groups in total. The number of amides is 1. The van der Waals surface area contributed by atoms with Crippen molar-refractivity contribution in [2.24, 2.45) is 5.73 Å². The zero-order valence-electron chi connectivity index (χ0n) is 8.45. The number of halogens is 2. The standard InChI is InChI=1S/C11H11BrFNO2/c1-2-3-10(16-11(14)15)7-4-8(12)6-9(13)5-7/h2,4-6,10H,1,3H2,(H2,14,15). The summed E-state index contributed by atoms with van der Waals surface area (Å²) < 4.78 is 18.6. The molecule has 0 bridgehead atoms. The number of hydrogen-bond donors (Lipinski definition) is 1. The lowest BCUT2D eigenvalue weighted by atomic mass is 10.1. The van der Waals surface area contributed by atoms with Gasteiger partial charge >= 0.3 is 6.09 Å². The van der Waals surface area contributed by atoms with Crippen LogP contribution in [-0.4, -0.2) is 6.09 Å². The minimum absolute atomic E-state index is 0.374. The number of ether oxygens (including phenoxy) is 1. The molecule has 1 atom stereocenters. The van der Waals surface area contributed by atoms with E-state index in [2.05, 4.69) is 22.5 Å². The molecule has 0 aromatic heterocycles. The molecule has 0 saturated heterocycles. The third-order valence-corrected chi connectivity index (χ3v) is 2.35. The van der Waals surface area contributed by atoms with Crippen LogP contribution in [0.2, 0.25) is 0 Å². The van der Waals surface area contributed by atoms with E-state index in [0.29, 0.717) is 16.5 Å². The largest absolute Gasteiger partial charge is 0.441 e. The molecule has 5 heteroatoms. The molecule has 1 aromatic rings. The van der Waals surface area contributed by atoms with Crippen LogP contribution in [0.5, 0.6) is 0 Å². The van der Waals surface area contributed by atoms with E-state index in [-0.39, 0.29) is 0 Å². The van der Waals surface area contributed by atoms with Crippen molar-refractivity contribution in [2.75, 3.05) is 0 Å². The SMILES string of the molecule is C=CCC(OC(N)=O)c1cc(F)cc(Br)c1. The Labute approximate surface area is 101 Å². The van der Waals surface area contributed by atoms with Gasteiger partial charge < -0.3 is 10.5 Å². The zero-order chi connectivity index (χ0) is 12.1. The van der Waals surface area contributed by atoms with Gasteiger partial charge in [0, 0.05) is 10.9 Å². The molecule has 0 radical (unpaired) electrons. The van der Waals surface area contributed by atoms with Gasteiger partial charge in [0.05, 0.1) is 0 Å². The van der Waals surface area contributed by atoms with Crippen LogP contribution in [0, 0.1) is 5.82 Å². The zero-order valence-corrected chi connectivity index (χ0v) is 10.0. The van der Waals surface area contributed by atoms with E-state index in [4.69, 9.17) is 10.5 Å². The summed E-state index contributed by atoms with van der Waals surface area (Å²) in [6.07, 6.45) is 0.444. The predicted octanol–water partition coefficient (Wildman–Crippen LogP) is 3.30. The molecule has 0 aliphatic heterocycles. The van der Waals surface area contributed by atoms with Crippen molar-refractivity contribution < 1.29 is 13.9 Å². The second kappa shape index (κ2) is 5.65. The van der Waals surface area contributed by atoms with Gasteiger partial charge in [-0.15, -0.1) is 6.58 Å². The quantitative estimate of drug-likeness (QED) is 0.864. The molecular formula is C11H11BrFNO2. The Morgan fingerprint density at radius 2 is 2.31 bits per heavy atom. The van der Waals surface area contributed by atoms with Gasteiger partial charge in [0.2, 0.25) is 0 Å². The van der Waals surface area contributed by atoms with E-state index in [0.717, 1.165) is 0 Å². The fraction of sp³-hybridized carbons (Fsp3) is 0.182. The molecule has 1 amide bonds. The van der Waals surface area contributed by atoms with Gasteiger partial charge in [-0.2, -0.15) is 0 Å². The lowest BCUT2D eigenvalue weighted by Crippen LogP contribution is -2.17. The lowest BCUT2D eigenvalue weighted by molar-refractivity contribution is 0.108. The first kappa shape index (κ1) is 12.7. The van der Waals surface area contributed by atoms with Crippen LogP contribution in [0.3, 0.4) is 0 Å². The molecule has 0 heterocycles. The second-order valence-electron chi connectivity index (χ2n) is 3.15. The average Bonchev–Trinajstić information content (AvgIpc) is 2.14. The molecule has 16 heavy (non-hydrogen) atoms. The summed E-state index contributed by atoms with van der Waals surface area (Å²) in [6, 6.07) is 4.28. The third-order valence-electron chi connectivity index (χ3n) is 1.90. The van der Waals surface area contributed by atoms with Crippen LogP contribution in [0.25, 0.3) is 0 Å². The summed E-state index contributed by atoms with van der Waals surface area (Å²) in [4.78, 5) is 10.7. The molecular weight excluding hydrogens is 277 g/mol. The molecule has 1 rings (SSSR count). The minimum atomic E-state index is -0.896. The first-order valence-corrected chi connectivity index (χ1v) is 5.35. The molecule has 0 fully saturated rings. The number of hydrogen-bond acceptors (Lipinski definition) is 2. The van der Waals surface area contributed by atoms with Gasteiger partial charge in [-0.25, -0.2) is 9.18 Å².